The summed E-state index contributed by atoms with van der Waals surface area (Å²) in [6.45, 7) is 3.92. The quantitative estimate of drug-likeness (QED) is 0.586. The summed E-state index contributed by atoms with van der Waals surface area (Å²) in [4.78, 5) is 13.3. The lowest BCUT2D eigenvalue weighted by atomic mass is 9.64. The molecule has 0 spiro atoms. The van der Waals surface area contributed by atoms with Gasteiger partial charge in [0.25, 0.3) is 0 Å². The van der Waals surface area contributed by atoms with Crippen LogP contribution in [0.2, 0.25) is 0 Å². The van der Waals surface area contributed by atoms with Crippen LogP contribution in [-0.4, -0.2) is 5.78 Å². The summed E-state index contributed by atoms with van der Waals surface area (Å²) in [7, 11) is 0. The van der Waals surface area contributed by atoms with Gasteiger partial charge in [-0.2, -0.15) is 0 Å². The zero-order valence-electron chi connectivity index (χ0n) is 14.1. The Morgan fingerprint density at radius 1 is 0.800 bits per heavy atom. The van der Waals surface area contributed by atoms with Crippen molar-refractivity contribution in [2.75, 3.05) is 0 Å². The number of hydrogen-bond donors (Lipinski definition) is 0. The van der Waals surface area contributed by atoms with E-state index in [1.54, 1.807) is 0 Å². The monoisotopic (exact) mass is 324 g/mol. The van der Waals surface area contributed by atoms with E-state index in [-0.39, 0.29) is 11.7 Å². The van der Waals surface area contributed by atoms with E-state index in [2.05, 4.69) is 61.2 Å². The highest BCUT2D eigenvalue weighted by atomic mass is 16.1. The first-order valence-corrected chi connectivity index (χ1v) is 8.65. The van der Waals surface area contributed by atoms with Crippen molar-refractivity contribution in [3.63, 3.8) is 0 Å². The first kappa shape index (κ1) is 15.6. The molecule has 0 N–H and O–H groups in total. The molecule has 4 rings (SSSR count). The van der Waals surface area contributed by atoms with Crippen molar-refractivity contribution >= 4 is 5.78 Å². The summed E-state index contributed by atoms with van der Waals surface area (Å²) in [5, 5.41) is 0. The molecule has 1 heteroatoms. The Balaban J connectivity index is 2.12. The van der Waals surface area contributed by atoms with Crippen LogP contribution in [0.25, 0.3) is 0 Å². The Morgan fingerprint density at radius 3 is 1.88 bits per heavy atom. The van der Waals surface area contributed by atoms with E-state index in [0.717, 1.165) is 22.3 Å². The second kappa shape index (κ2) is 6.18. The third-order valence-corrected chi connectivity index (χ3v) is 5.32. The average Bonchev–Trinajstić information content (AvgIpc) is 2.93. The number of carbonyl (C=O) groups is 1. The van der Waals surface area contributed by atoms with Gasteiger partial charge < -0.3 is 0 Å². The lowest BCUT2D eigenvalue weighted by Gasteiger charge is -2.37. The van der Waals surface area contributed by atoms with Crippen molar-refractivity contribution in [2.45, 2.75) is 11.8 Å². The number of hydrogen-bond acceptors (Lipinski definition) is 1. The zero-order valence-corrected chi connectivity index (χ0v) is 14.1. The molecule has 0 amide bonds. The number of fused-ring (bicyclic) bond motifs is 1. The van der Waals surface area contributed by atoms with Crippen LogP contribution in [0.15, 0.2) is 97.6 Å². The van der Waals surface area contributed by atoms with E-state index in [1.807, 2.05) is 36.4 Å². The number of carbonyl (C=O) groups excluding carboxylic acids is 1. The van der Waals surface area contributed by atoms with Crippen molar-refractivity contribution in [3.05, 3.63) is 120 Å². The third-order valence-electron chi connectivity index (χ3n) is 5.32. The smallest absolute Gasteiger partial charge is 0.168 e. The highest BCUT2D eigenvalue weighted by molar-refractivity contribution is 6.06. The molecule has 25 heavy (non-hydrogen) atoms. The molecule has 122 valence electrons. The first-order valence-electron chi connectivity index (χ1n) is 8.65. The molecule has 1 aliphatic carbocycles. The van der Waals surface area contributed by atoms with Crippen LogP contribution in [0, 0.1) is 5.92 Å². The van der Waals surface area contributed by atoms with Crippen molar-refractivity contribution < 1.29 is 4.79 Å². The molecule has 0 saturated carbocycles. The topological polar surface area (TPSA) is 17.1 Å². The molecule has 0 saturated heterocycles. The van der Waals surface area contributed by atoms with Crippen molar-refractivity contribution in [3.8, 4) is 0 Å². The lowest BCUT2D eigenvalue weighted by Crippen LogP contribution is -2.36. The van der Waals surface area contributed by atoms with Crippen LogP contribution in [0.4, 0.5) is 0 Å². The summed E-state index contributed by atoms with van der Waals surface area (Å²) in [6, 6.07) is 28.8. The summed E-state index contributed by atoms with van der Waals surface area (Å²) < 4.78 is 0. The number of ketones is 1. The standard InChI is InChI=1S/C24H20O/c1-2-11-22-23(25)20-16-9-10-17-21(20)24(22,18-12-5-3-6-13-18)19-14-7-4-8-15-19/h2-10,12-17,22H,1,11H2. The van der Waals surface area contributed by atoms with E-state index in [1.165, 1.54) is 0 Å². The van der Waals surface area contributed by atoms with E-state index in [0.29, 0.717) is 6.42 Å². The van der Waals surface area contributed by atoms with Gasteiger partial charge in [0.1, 0.15) is 0 Å². The fourth-order valence-electron chi connectivity index (χ4n) is 4.35. The summed E-state index contributed by atoms with van der Waals surface area (Å²) in [6.07, 6.45) is 2.52. The van der Waals surface area contributed by atoms with Crippen LogP contribution < -0.4 is 0 Å². The second-order valence-electron chi connectivity index (χ2n) is 6.53. The minimum absolute atomic E-state index is 0.174. The lowest BCUT2D eigenvalue weighted by molar-refractivity contribution is 0.0912. The molecule has 0 radical (unpaired) electrons. The zero-order chi connectivity index (χ0) is 17.3. The average molecular weight is 324 g/mol. The van der Waals surface area contributed by atoms with Crippen LogP contribution >= 0.6 is 0 Å². The molecule has 0 aromatic heterocycles. The molecule has 1 aliphatic rings. The fraction of sp³-hybridized carbons (Fsp3) is 0.125. The number of rotatable bonds is 4. The molecule has 0 bridgehead atoms. The Bertz CT molecular complexity index is 870. The van der Waals surface area contributed by atoms with Gasteiger partial charge >= 0.3 is 0 Å². The molecule has 3 aromatic rings. The van der Waals surface area contributed by atoms with Crippen LogP contribution in [-0.2, 0) is 5.41 Å². The van der Waals surface area contributed by atoms with Gasteiger partial charge in [-0.05, 0) is 23.1 Å². The highest BCUT2D eigenvalue weighted by Gasteiger charge is 2.53. The summed E-state index contributed by atoms with van der Waals surface area (Å²) >= 11 is 0. The van der Waals surface area contributed by atoms with E-state index in [4.69, 9.17) is 0 Å². The molecule has 0 aliphatic heterocycles. The predicted octanol–water partition coefficient (Wildman–Crippen LogP) is 5.41. The molecule has 1 unspecified atom stereocenters. The first-order chi connectivity index (χ1) is 12.3. The Hall–Kier alpha value is -2.93. The van der Waals surface area contributed by atoms with Crippen LogP contribution in [0.5, 0.6) is 0 Å². The van der Waals surface area contributed by atoms with Gasteiger partial charge in [-0.3, -0.25) is 4.79 Å². The van der Waals surface area contributed by atoms with Crippen molar-refractivity contribution in [1.29, 1.82) is 0 Å². The van der Waals surface area contributed by atoms with Gasteiger partial charge in [0.15, 0.2) is 5.78 Å². The SMILES string of the molecule is C=CCC1C(=O)c2ccccc2C1(c1ccccc1)c1ccccc1. The van der Waals surface area contributed by atoms with E-state index >= 15 is 0 Å². The summed E-state index contributed by atoms with van der Waals surface area (Å²) in [5.41, 5.74) is 3.79. The minimum atomic E-state index is -0.468. The molecular formula is C24H20O. The molecule has 0 heterocycles. The maximum absolute atomic E-state index is 13.3. The maximum Gasteiger partial charge on any atom is 0.168 e. The van der Waals surface area contributed by atoms with Crippen molar-refractivity contribution in [1.82, 2.24) is 0 Å². The van der Waals surface area contributed by atoms with Crippen LogP contribution in [0.3, 0.4) is 0 Å². The highest BCUT2D eigenvalue weighted by Crippen LogP contribution is 2.53. The molecule has 1 nitrogen and oxygen atoms in total. The van der Waals surface area contributed by atoms with Crippen molar-refractivity contribution in [2.24, 2.45) is 5.92 Å². The Labute approximate surface area is 148 Å². The van der Waals surface area contributed by atoms with Gasteiger partial charge in [-0.1, -0.05) is 91.0 Å². The molecule has 1 atom stereocenters. The predicted molar refractivity (Wildman–Crippen MR) is 102 cm³/mol. The normalized spacial score (nSPS) is 17.9. The third kappa shape index (κ3) is 2.20. The molecule has 0 fully saturated rings. The van der Waals surface area contributed by atoms with Gasteiger partial charge in [0, 0.05) is 11.5 Å². The number of benzene rings is 3. The molecular weight excluding hydrogens is 304 g/mol. The molecule has 3 aromatic carbocycles. The van der Waals surface area contributed by atoms with Gasteiger partial charge in [0.2, 0.25) is 0 Å². The Morgan fingerprint density at radius 2 is 1.32 bits per heavy atom. The summed E-state index contributed by atoms with van der Waals surface area (Å²) in [5.74, 6) is 0.0374. The van der Waals surface area contributed by atoms with Gasteiger partial charge in [0.05, 0.1) is 5.41 Å². The van der Waals surface area contributed by atoms with E-state index in [9.17, 15) is 4.79 Å². The largest absolute Gasteiger partial charge is 0.294 e. The van der Waals surface area contributed by atoms with Gasteiger partial charge in [-0.25, -0.2) is 0 Å². The van der Waals surface area contributed by atoms with Crippen LogP contribution in [0.1, 0.15) is 33.5 Å². The van der Waals surface area contributed by atoms with E-state index < -0.39 is 5.41 Å². The minimum Gasteiger partial charge on any atom is -0.294 e. The number of allylic oxidation sites excluding steroid dienone is 1. The van der Waals surface area contributed by atoms with Gasteiger partial charge in [-0.15, -0.1) is 6.58 Å². The fourth-order valence-corrected chi connectivity index (χ4v) is 4.35. The number of Topliss-reactive ketones (excluding diaryl/α,β-unsaturated/α-hetero) is 1. The second-order valence-corrected chi connectivity index (χ2v) is 6.53. The Kier molecular flexibility index (Phi) is 3.85. The maximum atomic E-state index is 13.3.